The summed E-state index contributed by atoms with van der Waals surface area (Å²) >= 11 is 0. The fourth-order valence-electron chi connectivity index (χ4n) is 1.13. The van der Waals surface area contributed by atoms with E-state index in [1.165, 1.54) is 6.92 Å². The molecule has 0 atom stereocenters. The number of carbonyl (C=O) groups excluding carboxylic acids is 1. The lowest BCUT2D eigenvalue weighted by Gasteiger charge is -2.10. The Morgan fingerprint density at radius 1 is 1.56 bits per heavy atom. The number of aromatic nitrogens is 1. The van der Waals surface area contributed by atoms with Gasteiger partial charge in [0.05, 0.1) is 17.1 Å². The van der Waals surface area contributed by atoms with E-state index in [0.29, 0.717) is 6.20 Å². The Bertz CT molecular complexity index is 487. The average Bonchev–Trinajstić information content (AvgIpc) is 2.27. The molecular weight excluding hydrogens is 257 g/mol. The summed E-state index contributed by atoms with van der Waals surface area (Å²) in [5, 5.41) is 10.4. The van der Waals surface area contributed by atoms with Gasteiger partial charge in [-0.1, -0.05) is 0 Å². The van der Waals surface area contributed by atoms with E-state index in [9.17, 15) is 28.1 Å². The Balaban J connectivity index is 3.34. The first-order valence-electron chi connectivity index (χ1n) is 4.66. The van der Waals surface area contributed by atoms with Crippen molar-refractivity contribution >= 4 is 11.7 Å². The quantitative estimate of drug-likeness (QED) is 0.474. The van der Waals surface area contributed by atoms with Crippen molar-refractivity contribution in [2.75, 3.05) is 6.61 Å². The molecule has 0 aliphatic rings. The largest absolute Gasteiger partial charge is 0.461 e. The van der Waals surface area contributed by atoms with Crippen LogP contribution in [0.5, 0.6) is 0 Å². The van der Waals surface area contributed by atoms with Crippen molar-refractivity contribution in [3.05, 3.63) is 33.6 Å². The van der Waals surface area contributed by atoms with Crippen LogP contribution in [0.3, 0.4) is 0 Å². The van der Waals surface area contributed by atoms with Crippen molar-refractivity contribution < 1.29 is 27.6 Å². The predicted molar refractivity (Wildman–Crippen MR) is 51.8 cm³/mol. The zero-order chi connectivity index (χ0) is 13.9. The minimum Gasteiger partial charge on any atom is -0.461 e. The molecule has 0 fully saturated rings. The van der Waals surface area contributed by atoms with Crippen molar-refractivity contribution in [1.29, 1.82) is 0 Å². The Morgan fingerprint density at radius 3 is 2.61 bits per heavy atom. The fourth-order valence-corrected chi connectivity index (χ4v) is 1.13. The second-order valence-corrected chi connectivity index (χ2v) is 3.07. The van der Waals surface area contributed by atoms with Crippen LogP contribution in [-0.2, 0) is 10.9 Å². The number of ether oxygens (including phenoxy) is 1. The molecule has 98 valence electrons. The number of carbonyl (C=O) groups is 1. The number of alkyl halides is 3. The topological polar surface area (TPSA) is 82.3 Å². The summed E-state index contributed by atoms with van der Waals surface area (Å²) in [6.07, 6.45) is -4.36. The zero-order valence-electron chi connectivity index (χ0n) is 9.02. The summed E-state index contributed by atoms with van der Waals surface area (Å²) in [5.74, 6) is -1.28. The number of nitro groups is 1. The number of esters is 1. The molecule has 0 saturated carbocycles. The van der Waals surface area contributed by atoms with E-state index in [2.05, 4.69) is 9.72 Å². The molecule has 0 bridgehead atoms. The van der Waals surface area contributed by atoms with Crippen LogP contribution in [-0.4, -0.2) is 22.5 Å². The van der Waals surface area contributed by atoms with Crippen LogP contribution in [0, 0.1) is 10.1 Å². The van der Waals surface area contributed by atoms with Gasteiger partial charge in [-0.25, -0.2) is 9.78 Å². The van der Waals surface area contributed by atoms with E-state index in [1.54, 1.807) is 0 Å². The number of hydrogen-bond donors (Lipinski definition) is 0. The molecule has 0 spiro atoms. The van der Waals surface area contributed by atoms with E-state index < -0.39 is 34.0 Å². The van der Waals surface area contributed by atoms with Crippen molar-refractivity contribution in [2.24, 2.45) is 0 Å². The van der Waals surface area contributed by atoms with Crippen molar-refractivity contribution in [3.63, 3.8) is 0 Å². The molecule has 1 rings (SSSR count). The summed E-state index contributed by atoms with van der Waals surface area (Å²) in [4.78, 5) is 23.7. The highest BCUT2D eigenvalue weighted by molar-refractivity contribution is 5.89. The van der Waals surface area contributed by atoms with Crippen molar-refractivity contribution in [1.82, 2.24) is 4.98 Å². The van der Waals surface area contributed by atoms with E-state index in [4.69, 9.17) is 0 Å². The molecule has 18 heavy (non-hydrogen) atoms. The summed E-state index contributed by atoms with van der Waals surface area (Å²) in [7, 11) is 0. The Labute approximate surface area is 98.5 Å². The average molecular weight is 264 g/mol. The highest BCUT2D eigenvalue weighted by Crippen LogP contribution is 2.33. The number of nitrogens with zero attached hydrogens (tertiary/aromatic N) is 2. The lowest BCUT2D eigenvalue weighted by Crippen LogP contribution is -2.17. The van der Waals surface area contributed by atoms with Gasteiger partial charge in [-0.15, -0.1) is 0 Å². The first kappa shape index (κ1) is 13.9. The third-order valence-corrected chi connectivity index (χ3v) is 1.86. The molecule has 1 aromatic rings. The molecule has 0 aromatic carbocycles. The van der Waals surface area contributed by atoms with Crippen LogP contribution in [0.2, 0.25) is 0 Å². The first-order valence-corrected chi connectivity index (χ1v) is 4.66. The molecule has 9 heteroatoms. The second-order valence-electron chi connectivity index (χ2n) is 3.07. The normalized spacial score (nSPS) is 11.1. The van der Waals surface area contributed by atoms with Crippen LogP contribution in [0.1, 0.15) is 23.0 Å². The zero-order valence-corrected chi connectivity index (χ0v) is 9.02. The molecule has 1 aromatic heterocycles. The SMILES string of the molecule is CCOC(=O)c1ncc([N+](=O)[O-])cc1C(F)(F)F. The minimum absolute atomic E-state index is 0.130. The second kappa shape index (κ2) is 4.98. The minimum atomic E-state index is -4.93. The van der Waals surface area contributed by atoms with Gasteiger partial charge in [-0.3, -0.25) is 10.1 Å². The van der Waals surface area contributed by atoms with Gasteiger partial charge in [0.2, 0.25) is 0 Å². The van der Waals surface area contributed by atoms with Crippen LogP contribution in [0.15, 0.2) is 12.3 Å². The van der Waals surface area contributed by atoms with Crippen LogP contribution < -0.4 is 0 Å². The highest BCUT2D eigenvalue weighted by Gasteiger charge is 2.38. The van der Waals surface area contributed by atoms with E-state index in [0.717, 1.165) is 0 Å². The van der Waals surface area contributed by atoms with E-state index >= 15 is 0 Å². The Morgan fingerprint density at radius 2 is 2.17 bits per heavy atom. The van der Waals surface area contributed by atoms with Gasteiger partial charge in [-0.05, 0) is 6.92 Å². The van der Waals surface area contributed by atoms with E-state index in [-0.39, 0.29) is 12.7 Å². The van der Waals surface area contributed by atoms with Gasteiger partial charge in [0.1, 0.15) is 6.20 Å². The summed E-state index contributed by atoms with van der Waals surface area (Å²) in [5.41, 5.74) is -3.33. The van der Waals surface area contributed by atoms with Crippen LogP contribution >= 0.6 is 0 Å². The van der Waals surface area contributed by atoms with Gasteiger partial charge in [0.15, 0.2) is 5.69 Å². The maximum atomic E-state index is 12.6. The molecule has 6 nitrogen and oxygen atoms in total. The first-order chi connectivity index (χ1) is 8.27. The Hall–Kier alpha value is -2.19. The molecule has 0 aliphatic heterocycles. The van der Waals surface area contributed by atoms with Gasteiger partial charge < -0.3 is 4.74 Å². The van der Waals surface area contributed by atoms with Gasteiger partial charge in [0.25, 0.3) is 5.69 Å². The molecular formula is C9H7F3N2O4. The van der Waals surface area contributed by atoms with E-state index in [1.807, 2.05) is 0 Å². The highest BCUT2D eigenvalue weighted by atomic mass is 19.4. The third-order valence-electron chi connectivity index (χ3n) is 1.86. The van der Waals surface area contributed by atoms with Gasteiger partial charge in [-0.2, -0.15) is 13.2 Å². The standard InChI is InChI=1S/C9H7F3N2O4/c1-2-18-8(15)7-6(9(10,11)12)3-5(4-13-7)14(16)17/h3-4H,2H2,1H3. The monoisotopic (exact) mass is 264 g/mol. The van der Waals surface area contributed by atoms with Crippen LogP contribution in [0.25, 0.3) is 0 Å². The number of rotatable bonds is 3. The van der Waals surface area contributed by atoms with Crippen molar-refractivity contribution in [2.45, 2.75) is 13.1 Å². The molecule has 0 unspecified atom stereocenters. The third kappa shape index (κ3) is 2.93. The molecule has 1 heterocycles. The fraction of sp³-hybridized carbons (Fsp3) is 0.333. The number of hydrogen-bond acceptors (Lipinski definition) is 5. The number of halogens is 3. The molecule has 0 aliphatic carbocycles. The van der Waals surface area contributed by atoms with Gasteiger partial charge >= 0.3 is 12.1 Å². The maximum Gasteiger partial charge on any atom is 0.419 e. The molecule has 0 amide bonds. The maximum absolute atomic E-state index is 12.6. The molecule has 0 N–H and O–H groups in total. The van der Waals surface area contributed by atoms with Crippen LogP contribution in [0.4, 0.5) is 18.9 Å². The summed E-state index contributed by atoms with van der Waals surface area (Å²) < 4.78 is 42.3. The lowest BCUT2D eigenvalue weighted by atomic mass is 10.1. The molecule has 0 radical (unpaired) electrons. The predicted octanol–water partition coefficient (Wildman–Crippen LogP) is 2.19. The smallest absolute Gasteiger partial charge is 0.419 e. The lowest BCUT2D eigenvalue weighted by molar-refractivity contribution is -0.385. The van der Waals surface area contributed by atoms with Crippen molar-refractivity contribution in [3.8, 4) is 0 Å². The Kier molecular flexibility index (Phi) is 3.84. The summed E-state index contributed by atoms with van der Waals surface area (Å²) in [6, 6.07) is 0.249. The number of pyridine rings is 1. The van der Waals surface area contributed by atoms with Gasteiger partial charge in [0, 0.05) is 6.07 Å². The molecule has 0 saturated heterocycles. The summed E-state index contributed by atoms with van der Waals surface area (Å²) in [6.45, 7) is 1.28.